The van der Waals surface area contributed by atoms with E-state index in [9.17, 15) is 9.59 Å². The molecule has 0 unspecified atom stereocenters. The second-order valence-electron chi connectivity index (χ2n) is 2.11. The molecule has 13 heavy (non-hydrogen) atoms. The van der Waals surface area contributed by atoms with Gasteiger partial charge in [-0.3, -0.25) is 9.59 Å². The lowest BCUT2D eigenvalue weighted by molar-refractivity contribution is -0.149. The molecule has 0 saturated carbocycles. The van der Waals surface area contributed by atoms with Crippen LogP contribution in [0.2, 0.25) is 0 Å². The molecule has 5 heteroatoms. The van der Waals surface area contributed by atoms with Crippen molar-refractivity contribution in [3.8, 4) is 0 Å². The summed E-state index contributed by atoms with van der Waals surface area (Å²) < 4.78 is 9.25. The van der Waals surface area contributed by atoms with Crippen molar-refractivity contribution in [2.75, 3.05) is 13.2 Å². The fourth-order valence-corrected chi connectivity index (χ4v) is 0.670. The predicted molar refractivity (Wildman–Crippen MR) is 52.9 cm³/mol. The molecule has 0 amide bonds. The van der Waals surface area contributed by atoms with Crippen molar-refractivity contribution in [3.63, 3.8) is 0 Å². The number of hydrogen-bond donors (Lipinski definition) is 0. The summed E-state index contributed by atoms with van der Waals surface area (Å²) >= 11 is 0. The van der Waals surface area contributed by atoms with E-state index in [1.807, 2.05) is 0 Å². The minimum absolute atomic E-state index is 0. The minimum Gasteiger partial charge on any atom is -0.466 e. The second-order valence-corrected chi connectivity index (χ2v) is 2.11. The molecule has 0 aliphatic carbocycles. The van der Waals surface area contributed by atoms with E-state index in [2.05, 4.69) is 9.47 Å². The first kappa shape index (κ1) is 14.8. The summed E-state index contributed by atoms with van der Waals surface area (Å²) in [4.78, 5) is 21.4. The quantitative estimate of drug-likeness (QED) is 0.633. The zero-order valence-electron chi connectivity index (χ0n) is 7.96. The Labute approximate surface area is 85.0 Å². The van der Waals surface area contributed by atoms with Gasteiger partial charge in [-0.05, 0) is 13.8 Å². The molecule has 0 aromatic rings. The smallest absolute Gasteiger partial charge is 0.306 e. The van der Waals surface area contributed by atoms with E-state index in [1.54, 1.807) is 13.8 Å². The zero-order chi connectivity index (χ0) is 9.40. The molecule has 78 valence electrons. The van der Waals surface area contributed by atoms with E-state index >= 15 is 0 Å². The van der Waals surface area contributed by atoms with Crippen LogP contribution in [0.15, 0.2) is 0 Å². The van der Waals surface area contributed by atoms with Gasteiger partial charge < -0.3 is 9.47 Å². The molecule has 0 saturated heterocycles. The highest BCUT2D eigenvalue weighted by Crippen LogP contribution is 1.95. The molecule has 0 aromatic heterocycles. The average Bonchev–Trinajstić information content (AvgIpc) is 2.02. The van der Waals surface area contributed by atoms with Crippen molar-refractivity contribution in [3.05, 3.63) is 0 Å². The predicted octanol–water partition coefficient (Wildman–Crippen LogP) is 1.01. The van der Waals surface area contributed by atoms with Gasteiger partial charge in [0.25, 0.3) is 0 Å². The second kappa shape index (κ2) is 9.38. The Hall–Kier alpha value is -0.710. The van der Waals surface area contributed by atoms with Crippen LogP contribution in [0.25, 0.3) is 0 Å². The Morgan fingerprint density at radius 1 is 0.923 bits per heavy atom. The molecule has 0 atom stereocenters. The Morgan fingerprint density at radius 2 is 1.23 bits per heavy atom. The van der Waals surface area contributed by atoms with E-state index in [1.165, 1.54) is 0 Å². The maximum Gasteiger partial charge on any atom is 0.306 e. The van der Waals surface area contributed by atoms with Crippen LogP contribution in [-0.4, -0.2) is 25.2 Å². The topological polar surface area (TPSA) is 52.6 Å². The van der Waals surface area contributed by atoms with Gasteiger partial charge >= 0.3 is 11.9 Å². The van der Waals surface area contributed by atoms with Gasteiger partial charge in [0, 0.05) is 0 Å². The van der Waals surface area contributed by atoms with E-state index in [0.717, 1.165) is 0 Å². The van der Waals surface area contributed by atoms with E-state index in [-0.39, 0.29) is 38.3 Å². The fraction of sp³-hybridized carbons (Fsp3) is 0.750. The van der Waals surface area contributed by atoms with Crippen molar-refractivity contribution in [2.45, 2.75) is 26.7 Å². The van der Waals surface area contributed by atoms with Crippen molar-refractivity contribution in [2.24, 2.45) is 0 Å². The fourth-order valence-electron chi connectivity index (χ4n) is 0.670. The Bertz CT molecular complexity index is 140. The number of ether oxygens (including phenoxy) is 2. The van der Waals surface area contributed by atoms with Crippen LogP contribution in [0.4, 0.5) is 0 Å². The van der Waals surface area contributed by atoms with Gasteiger partial charge in [-0.2, -0.15) is 13.5 Å². The van der Waals surface area contributed by atoms with E-state index in [0.29, 0.717) is 13.2 Å². The summed E-state index contributed by atoms with van der Waals surface area (Å²) in [6.07, 6.45) is 0.208. The number of carbonyl (C=O) groups excluding carboxylic acids is 2. The first-order valence-corrected chi connectivity index (χ1v) is 4.02. The highest BCUT2D eigenvalue weighted by atomic mass is 32.1. The summed E-state index contributed by atoms with van der Waals surface area (Å²) in [5.74, 6) is -0.712. The largest absolute Gasteiger partial charge is 0.466 e. The molecule has 0 aliphatic rings. The van der Waals surface area contributed by atoms with E-state index in [4.69, 9.17) is 0 Å². The van der Waals surface area contributed by atoms with Gasteiger partial charge in [0.1, 0.15) is 0 Å². The first-order valence-electron chi connectivity index (χ1n) is 4.02. The van der Waals surface area contributed by atoms with Crippen LogP contribution < -0.4 is 0 Å². The molecule has 0 aliphatic heterocycles. The summed E-state index contributed by atoms with van der Waals surface area (Å²) in [6, 6.07) is 0. The third kappa shape index (κ3) is 9.20. The van der Waals surface area contributed by atoms with Gasteiger partial charge in [-0.25, -0.2) is 0 Å². The van der Waals surface area contributed by atoms with Crippen LogP contribution in [-0.2, 0) is 19.1 Å². The number of hydrogen-bond acceptors (Lipinski definition) is 4. The number of esters is 2. The van der Waals surface area contributed by atoms with Crippen molar-refractivity contribution >= 4 is 25.4 Å². The molecular weight excluding hydrogens is 192 g/mol. The Kier molecular flexibility index (Phi) is 10.7. The standard InChI is InChI=1S/C8H14O4.H2S/c1-3-11-7(9)5-6-8(10)12-4-2;/h3-6H2,1-2H3;1H2. The number of carbonyl (C=O) groups is 2. The molecule has 0 rings (SSSR count). The Morgan fingerprint density at radius 3 is 1.46 bits per heavy atom. The van der Waals surface area contributed by atoms with Gasteiger partial charge in [-0.1, -0.05) is 0 Å². The van der Waals surface area contributed by atoms with Crippen LogP contribution >= 0.6 is 13.5 Å². The maximum absolute atomic E-state index is 10.7. The summed E-state index contributed by atoms with van der Waals surface area (Å²) in [5.41, 5.74) is 0. The van der Waals surface area contributed by atoms with Gasteiger partial charge in [-0.15, -0.1) is 0 Å². The molecule has 0 radical (unpaired) electrons. The van der Waals surface area contributed by atoms with Crippen LogP contribution in [0.3, 0.4) is 0 Å². The Balaban J connectivity index is 0. The molecule has 0 N–H and O–H groups in total. The number of rotatable bonds is 5. The minimum atomic E-state index is -0.356. The summed E-state index contributed by atoms with van der Waals surface area (Å²) in [6.45, 7) is 4.15. The third-order valence-corrected chi connectivity index (χ3v) is 1.14. The average molecular weight is 208 g/mol. The molecule has 0 fully saturated rings. The maximum atomic E-state index is 10.7. The van der Waals surface area contributed by atoms with Gasteiger partial charge in [0.15, 0.2) is 0 Å². The lowest BCUT2D eigenvalue weighted by Gasteiger charge is -2.01. The SMILES string of the molecule is CCOC(=O)CCC(=O)OCC.S. The van der Waals surface area contributed by atoms with Crippen molar-refractivity contribution in [1.29, 1.82) is 0 Å². The van der Waals surface area contributed by atoms with Crippen molar-refractivity contribution < 1.29 is 19.1 Å². The lowest BCUT2D eigenvalue weighted by atomic mass is 10.3. The molecule has 0 aromatic carbocycles. The zero-order valence-corrected chi connectivity index (χ0v) is 8.96. The lowest BCUT2D eigenvalue weighted by Crippen LogP contribution is -2.09. The molecule has 0 spiro atoms. The molecule has 0 bridgehead atoms. The summed E-state index contributed by atoms with van der Waals surface area (Å²) in [7, 11) is 0. The molecule has 0 heterocycles. The molecule has 4 nitrogen and oxygen atoms in total. The van der Waals surface area contributed by atoms with Crippen LogP contribution in [0.5, 0.6) is 0 Å². The van der Waals surface area contributed by atoms with Gasteiger partial charge in [0.2, 0.25) is 0 Å². The van der Waals surface area contributed by atoms with Crippen LogP contribution in [0.1, 0.15) is 26.7 Å². The highest BCUT2D eigenvalue weighted by molar-refractivity contribution is 7.59. The van der Waals surface area contributed by atoms with Gasteiger partial charge in [0.05, 0.1) is 26.1 Å². The van der Waals surface area contributed by atoms with Crippen LogP contribution in [0, 0.1) is 0 Å². The van der Waals surface area contributed by atoms with E-state index < -0.39 is 0 Å². The molecular formula is C8H16O4S. The monoisotopic (exact) mass is 208 g/mol. The normalized spacial score (nSPS) is 8.46. The first-order chi connectivity index (χ1) is 5.70. The summed E-state index contributed by atoms with van der Waals surface area (Å²) in [5, 5.41) is 0. The third-order valence-electron chi connectivity index (χ3n) is 1.14. The van der Waals surface area contributed by atoms with Crippen molar-refractivity contribution in [1.82, 2.24) is 0 Å². The highest BCUT2D eigenvalue weighted by Gasteiger charge is 2.06.